The van der Waals surface area contributed by atoms with Crippen LogP contribution in [0.2, 0.25) is 0 Å². The van der Waals surface area contributed by atoms with Crippen molar-refractivity contribution in [3.63, 3.8) is 0 Å². The van der Waals surface area contributed by atoms with Crippen molar-refractivity contribution < 1.29 is 19.8 Å². The second kappa shape index (κ2) is 4.31. The summed E-state index contributed by atoms with van der Waals surface area (Å²) >= 11 is 2.63. The quantitative estimate of drug-likeness (QED) is 0.747. The number of fused-ring (bicyclic) bond motifs is 1. The summed E-state index contributed by atoms with van der Waals surface area (Å²) in [5.74, 6) is -0.849. The molecule has 0 aromatic heterocycles. The van der Waals surface area contributed by atoms with Crippen LogP contribution in [0, 0.1) is 5.92 Å². The van der Waals surface area contributed by atoms with Gasteiger partial charge in [0.15, 0.2) is 4.08 Å². The molecule has 0 spiro atoms. The topological polar surface area (TPSA) is 77.8 Å². The number of thioether (sulfide) groups is 2. The van der Waals surface area contributed by atoms with Crippen LogP contribution in [0.25, 0.3) is 0 Å². The number of amides is 1. The summed E-state index contributed by atoms with van der Waals surface area (Å²) in [4.78, 5) is 25.0. The Morgan fingerprint density at radius 3 is 2.72 bits per heavy atom. The molecule has 0 saturated carbocycles. The second-order valence-electron chi connectivity index (χ2n) is 5.10. The van der Waals surface area contributed by atoms with Gasteiger partial charge in [-0.15, -0.1) is 23.5 Å². The zero-order chi connectivity index (χ0) is 13.7. The van der Waals surface area contributed by atoms with E-state index in [1.165, 1.54) is 23.5 Å². The molecule has 7 heteroatoms. The molecule has 102 valence electrons. The Balaban J connectivity index is 2.22. The summed E-state index contributed by atoms with van der Waals surface area (Å²) in [6.07, 6.45) is 0. The van der Waals surface area contributed by atoms with Crippen molar-refractivity contribution in [1.82, 2.24) is 4.90 Å². The van der Waals surface area contributed by atoms with Gasteiger partial charge in [0.1, 0.15) is 0 Å². The standard InChI is InChI=1S/C11H17NO4S2/c1-4-17-11(9(14)15)5-12-7(13)6(8(12)18-11)10(2,3)16/h6,8,16H,4-5H2,1-3H3,(H,14,15)/t6?,8-,11?/m1/s1. The number of rotatable bonds is 4. The number of nitrogens with zero attached hydrogens (tertiary/aromatic N) is 1. The highest BCUT2D eigenvalue weighted by atomic mass is 32.2. The van der Waals surface area contributed by atoms with Gasteiger partial charge in [-0.3, -0.25) is 4.79 Å². The molecule has 2 unspecified atom stereocenters. The van der Waals surface area contributed by atoms with Crippen molar-refractivity contribution in [2.24, 2.45) is 5.92 Å². The van der Waals surface area contributed by atoms with Gasteiger partial charge in [0.25, 0.3) is 0 Å². The molecule has 2 aliphatic rings. The Kier molecular flexibility index (Phi) is 3.36. The van der Waals surface area contributed by atoms with Gasteiger partial charge in [0.2, 0.25) is 5.91 Å². The summed E-state index contributed by atoms with van der Waals surface area (Å²) in [6.45, 7) is 5.32. The first-order valence-corrected chi connectivity index (χ1v) is 7.67. The maximum atomic E-state index is 12.0. The molecule has 2 fully saturated rings. The Hall–Kier alpha value is -0.400. The Labute approximate surface area is 114 Å². The fourth-order valence-electron chi connectivity index (χ4n) is 2.42. The maximum Gasteiger partial charge on any atom is 0.332 e. The minimum absolute atomic E-state index is 0.139. The molecule has 0 radical (unpaired) electrons. The highest BCUT2D eigenvalue weighted by Crippen LogP contribution is 2.56. The van der Waals surface area contributed by atoms with Crippen LogP contribution >= 0.6 is 23.5 Å². The van der Waals surface area contributed by atoms with Crippen molar-refractivity contribution in [3.05, 3.63) is 0 Å². The number of aliphatic carboxylic acids is 1. The van der Waals surface area contributed by atoms with E-state index < -0.39 is 21.6 Å². The van der Waals surface area contributed by atoms with Crippen LogP contribution < -0.4 is 0 Å². The fraction of sp³-hybridized carbons (Fsp3) is 0.818. The highest BCUT2D eigenvalue weighted by Gasteiger charge is 2.64. The number of carboxylic acid groups (broad SMARTS) is 1. The van der Waals surface area contributed by atoms with Crippen LogP contribution in [0.5, 0.6) is 0 Å². The lowest BCUT2D eigenvalue weighted by molar-refractivity contribution is -0.163. The van der Waals surface area contributed by atoms with Gasteiger partial charge in [0, 0.05) is 0 Å². The third-order valence-electron chi connectivity index (χ3n) is 3.30. The summed E-state index contributed by atoms with van der Waals surface area (Å²) in [7, 11) is 0. The van der Waals surface area contributed by atoms with E-state index in [2.05, 4.69) is 0 Å². The highest BCUT2D eigenvalue weighted by molar-refractivity contribution is 8.19. The lowest BCUT2D eigenvalue weighted by atomic mass is 9.83. The number of carboxylic acids is 1. The SMILES string of the molecule is CCSC1(C(=O)O)CN2C(=O)C(C(C)(C)O)[C@H]2S1. The van der Waals surface area contributed by atoms with Crippen molar-refractivity contribution in [3.8, 4) is 0 Å². The van der Waals surface area contributed by atoms with Gasteiger partial charge in [-0.05, 0) is 19.6 Å². The van der Waals surface area contributed by atoms with Gasteiger partial charge in [-0.2, -0.15) is 0 Å². The molecule has 2 heterocycles. The molecule has 2 rings (SSSR count). The number of aliphatic hydroxyl groups is 1. The molecule has 1 amide bonds. The average molecular weight is 291 g/mol. The van der Waals surface area contributed by atoms with Gasteiger partial charge >= 0.3 is 5.97 Å². The lowest BCUT2D eigenvalue weighted by Gasteiger charge is -2.46. The van der Waals surface area contributed by atoms with Gasteiger partial charge < -0.3 is 15.1 Å². The Morgan fingerprint density at radius 2 is 2.28 bits per heavy atom. The molecule has 5 nitrogen and oxygen atoms in total. The number of carbonyl (C=O) groups excluding carboxylic acids is 1. The molecule has 18 heavy (non-hydrogen) atoms. The largest absolute Gasteiger partial charge is 0.480 e. The van der Waals surface area contributed by atoms with E-state index in [1.54, 1.807) is 18.7 Å². The molecular formula is C11H17NO4S2. The number of carbonyl (C=O) groups is 2. The van der Waals surface area contributed by atoms with E-state index in [0.717, 1.165) is 0 Å². The molecule has 0 aromatic rings. The average Bonchev–Trinajstić information content (AvgIpc) is 2.53. The van der Waals surface area contributed by atoms with Gasteiger partial charge in [-0.25, -0.2) is 4.79 Å². The second-order valence-corrected chi connectivity index (χ2v) is 8.33. The van der Waals surface area contributed by atoms with E-state index in [0.29, 0.717) is 5.75 Å². The zero-order valence-electron chi connectivity index (χ0n) is 10.5. The smallest absolute Gasteiger partial charge is 0.332 e. The normalized spacial score (nSPS) is 35.3. The van der Waals surface area contributed by atoms with Crippen LogP contribution in [0.3, 0.4) is 0 Å². The van der Waals surface area contributed by atoms with Crippen LogP contribution in [-0.2, 0) is 9.59 Å². The summed E-state index contributed by atoms with van der Waals surface area (Å²) in [5, 5.41) is 19.2. The van der Waals surface area contributed by atoms with Gasteiger partial charge in [0.05, 0.1) is 23.4 Å². The molecule has 0 aromatic carbocycles. The first-order valence-electron chi connectivity index (χ1n) is 5.81. The maximum absolute atomic E-state index is 12.0. The summed E-state index contributed by atoms with van der Waals surface area (Å²) < 4.78 is -0.977. The zero-order valence-corrected chi connectivity index (χ0v) is 12.2. The van der Waals surface area contributed by atoms with E-state index >= 15 is 0 Å². The predicted octanol–water partition coefficient (Wildman–Crippen LogP) is 0.823. The van der Waals surface area contributed by atoms with Crippen LogP contribution in [-0.4, -0.2) is 54.3 Å². The van der Waals surface area contributed by atoms with E-state index in [1.807, 2.05) is 6.92 Å². The van der Waals surface area contributed by atoms with Gasteiger partial charge in [-0.1, -0.05) is 6.92 Å². The summed E-state index contributed by atoms with van der Waals surface area (Å²) in [6, 6.07) is 0. The molecule has 2 aliphatic heterocycles. The number of hydrogen-bond acceptors (Lipinski definition) is 5. The summed E-state index contributed by atoms with van der Waals surface area (Å²) in [5.41, 5.74) is -1.10. The van der Waals surface area contributed by atoms with Crippen LogP contribution in [0.4, 0.5) is 0 Å². The van der Waals surface area contributed by atoms with Crippen LogP contribution in [0.15, 0.2) is 0 Å². The lowest BCUT2D eigenvalue weighted by Crippen LogP contribution is -2.63. The molecule has 2 saturated heterocycles. The molecule has 0 bridgehead atoms. The third kappa shape index (κ3) is 1.92. The molecular weight excluding hydrogens is 274 g/mol. The first-order chi connectivity index (χ1) is 8.23. The molecule has 0 aliphatic carbocycles. The first kappa shape index (κ1) is 14.0. The minimum atomic E-state index is -1.10. The number of hydrogen-bond donors (Lipinski definition) is 2. The monoisotopic (exact) mass is 291 g/mol. The molecule has 3 atom stereocenters. The van der Waals surface area contributed by atoms with Crippen molar-refractivity contribution in [1.29, 1.82) is 0 Å². The van der Waals surface area contributed by atoms with E-state index in [9.17, 15) is 19.8 Å². The third-order valence-corrected chi connectivity index (χ3v) is 6.45. The van der Waals surface area contributed by atoms with Crippen molar-refractivity contribution >= 4 is 35.4 Å². The van der Waals surface area contributed by atoms with Crippen LogP contribution in [0.1, 0.15) is 20.8 Å². The minimum Gasteiger partial charge on any atom is -0.480 e. The van der Waals surface area contributed by atoms with Crippen molar-refractivity contribution in [2.45, 2.75) is 35.8 Å². The fourth-order valence-corrected chi connectivity index (χ4v) is 5.76. The van der Waals surface area contributed by atoms with E-state index in [-0.39, 0.29) is 17.8 Å². The van der Waals surface area contributed by atoms with E-state index in [4.69, 9.17) is 0 Å². The van der Waals surface area contributed by atoms with Crippen molar-refractivity contribution in [2.75, 3.05) is 12.3 Å². The predicted molar refractivity (Wildman–Crippen MR) is 71.4 cm³/mol. The Morgan fingerprint density at radius 1 is 1.67 bits per heavy atom. The Bertz CT molecular complexity index is 395. The number of β-lactam (4-membered cyclic amide) rings is 1. The molecule has 2 N–H and O–H groups in total.